The number of hydrogen-bond donors (Lipinski definition) is 1. The van der Waals surface area contributed by atoms with Gasteiger partial charge >= 0.3 is 6.18 Å². The molecule has 0 fully saturated rings. The van der Waals surface area contributed by atoms with Crippen LogP contribution in [0.1, 0.15) is 26.7 Å². The minimum Gasteiger partial charge on any atom is -0.357 e. The van der Waals surface area contributed by atoms with Crippen molar-refractivity contribution in [3.63, 3.8) is 0 Å². The van der Waals surface area contributed by atoms with Crippen LogP contribution in [-0.4, -0.2) is 29.1 Å². The minimum atomic E-state index is -4.38. The molecule has 2 aliphatic rings. The first-order valence-corrected chi connectivity index (χ1v) is 5.85. The molecule has 1 unspecified atom stereocenters. The van der Waals surface area contributed by atoms with E-state index in [4.69, 9.17) is 0 Å². The van der Waals surface area contributed by atoms with Gasteiger partial charge in [0.1, 0.15) is 11.9 Å². The summed E-state index contributed by atoms with van der Waals surface area (Å²) in [4.78, 5) is 12.8. The summed E-state index contributed by atoms with van der Waals surface area (Å²) < 4.78 is 38.1. The highest BCUT2D eigenvalue weighted by Crippen LogP contribution is 2.33. The second kappa shape index (κ2) is 4.33. The Bertz CT molecular complexity index is 424. The van der Waals surface area contributed by atoms with Gasteiger partial charge in [0, 0.05) is 18.7 Å². The quantitative estimate of drug-likeness (QED) is 0.827. The molecule has 2 rings (SSSR count). The lowest BCUT2D eigenvalue weighted by molar-refractivity contribution is -0.114. The predicted molar refractivity (Wildman–Crippen MR) is 60.4 cm³/mol. The molecule has 0 spiro atoms. The van der Waals surface area contributed by atoms with Gasteiger partial charge in [0.15, 0.2) is 5.78 Å². The van der Waals surface area contributed by atoms with E-state index in [0.29, 0.717) is 12.8 Å². The fourth-order valence-electron chi connectivity index (χ4n) is 2.20. The summed E-state index contributed by atoms with van der Waals surface area (Å²) in [5.74, 6) is -0.0176. The predicted octanol–water partition coefficient (Wildman–Crippen LogP) is 2.32. The van der Waals surface area contributed by atoms with Crippen molar-refractivity contribution in [2.45, 2.75) is 45.1 Å². The first-order chi connectivity index (χ1) is 8.29. The fraction of sp³-hybridized carbons (Fsp3) is 0.583. The molecular weight excluding hydrogens is 245 g/mol. The minimum absolute atomic E-state index is 0.0176. The molecule has 0 aromatic heterocycles. The molecule has 0 aromatic carbocycles. The van der Waals surface area contributed by atoms with E-state index in [1.807, 2.05) is 13.8 Å². The highest BCUT2D eigenvalue weighted by Gasteiger charge is 2.42. The monoisotopic (exact) mass is 260 g/mol. The van der Waals surface area contributed by atoms with Gasteiger partial charge < -0.3 is 10.2 Å². The molecule has 0 saturated carbocycles. The first-order valence-electron chi connectivity index (χ1n) is 5.85. The molecule has 0 bridgehead atoms. The van der Waals surface area contributed by atoms with Crippen LogP contribution in [0.2, 0.25) is 0 Å². The molecule has 0 amide bonds. The zero-order valence-electron chi connectivity index (χ0n) is 10.2. The lowest BCUT2D eigenvalue weighted by atomic mass is 10.1. The Morgan fingerprint density at radius 1 is 1.39 bits per heavy atom. The summed E-state index contributed by atoms with van der Waals surface area (Å²) in [6.07, 6.45) is -1.46. The van der Waals surface area contributed by atoms with Gasteiger partial charge in [-0.1, -0.05) is 0 Å². The Hall–Kier alpha value is -1.46. The van der Waals surface area contributed by atoms with E-state index >= 15 is 0 Å². The summed E-state index contributed by atoms with van der Waals surface area (Å²) in [7, 11) is 0. The Balaban J connectivity index is 2.23. The molecule has 1 aliphatic carbocycles. The van der Waals surface area contributed by atoms with E-state index in [1.165, 1.54) is 6.08 Å². The molecule has 0 saturated heterocycles. The van der Waals surface area contributed by atoms with Gasteiger partial charge in [0.05, 0.1) is 0 Å². The molecule has 100 valence electrons. The number of nitrogens with one attached hydrogen (secondary N) is 1. The molecular formula is C12H15F3N2O. The normalized spacial score (nSPS) is 24.4. The number of nitrogens with zero attached hydrogens (tertiary/aromatic N) is 1. The van der Waals surface area contributed by atoms with Crippen molar-refractivity contribution in [1.82, 2.24) is 10.2 Å². The second-order valence-electron chi connectivity index (χ2n) is 4.81. The van der Waals surface area contributed by atoms with Gasteiger partial charge in [0.25, 0.3) is 0 Å². The van der Waals surface area contributed by atoms with Crippen LogP contribution in [-0.2, 0) is 4.79 Å². The molecule has 1 heterocycles. The molecule has 1 aliphatic heterocycles. The number of hydrogen-bond acceptors (Lipinski definition) is 3. The van der Waals surface area contributed by atoms with E-state index in [9.17, 15) is 18.0 Å². The Morgan fingerprint density at radius 3 is 2.50 bits per heavy atom. The summed E-state index contributed by atoms with van der Waals surface area (Å²) in [5, 5.41) is 2.47. The van der Waals surface area contributed by atoms with Crippen LogP contribution in [0.3, 0.4) is 0 Å². The number of rotatable bonds is 2. The smallest absolute Gasteiger partial charge is 0.357 e. The maximum absolute atomic E-state index is 12.7. The SMILES string of the molecule is CC(C)N1C=C(C(F)(F)F)NC1C1=CC(=O)CC1. The average Bonchev–Trinajstić information content (AvgIpc) is 2.81. The number of halogens is 3. The zero-order valence-corrected chi connectivity index (χ0v) is 10.2. The first kappa shape index (κ1) is 13.0. The van der Waals surface area contributed by atoms with Gasteiger partial charge in [-0.05, 0) is 31.9 Å². The van der Waals surface area contributed by atoms with Crippen molar-refractivity contribution in [3.8, 4) is 0 Å². The summed E-state index contributed by atoms with van der Waals surface area (Å²) in [6, 6.07) is -0.0704. The van der Waals surface area contributed by atoms with E-state index in [-0.39, 0.29) is 11.8 Å². The van der Waals surface area contributed by atoms with Crippen LogP contribution >= 0.6 is 0 Å². The Kier molecular flexibility index (Phi) is 3.12. The van der Waals surface area contributed by atoms with Crippen molar-refractivity contribution in [2.75, 3.05) is 0 Å². The van der Waals surface area contributed by atoms with E-state index in [2.05, 4.69) is 5.32 Å². The highest BCUT2D eigenvalue weighted by atomic mass is 19.4. The molecule has 18 heavy (non-hydrogen) atoms. The summed E-state index contributed by atoms with van der Waals surface area (Å²) >= 11 is 0. The Morgan fingerprint density at radius 2 is 2.06 bits per heavy atom. The third-order valence-corrected chi connectivity index (χ3v) is 3.13. The lowest BCUT2D eigenvalue weighted by Gasteiger charge is -2.30. The number of ketones is 1. The zero-order chi connectivity index (χ0) is 13.5. The van der Waals surface area contributed by atoms with Crippen LogP contribution in [0.25, 0.3) is 0 Å². The standard InChI is InChI=1S/C12H15F3N2O/c1-7(2)17-6-10(12(13,14)15)16-11(17)8-3-4-9(18)5-8/h5-7,11,16H,3-4H2,1-2H3. The van der Waals surface area contributed by atoms with Gasteiger partial charge in [-0.15, -0.1) is 0 Å². The van der Waals surface area contributed by atoms with Crippen molar-refractivity contribution in [1.29, 1.82) is 0 Å². The number of carbonyl (C=O) groups excluding carboxylic acids is 1. The second-order valence-corrected chi connectivity index (χ2v) is 4.81. The maximum atomic E-state index is 12.7. The van der Waals surface area contributed by atoms with Crippen LogP contribution in [0.5, 0.6) is 0 Å². The van der Waals surface area contributed by atoms with Crippen molar-refractivity contribution in [3.05, 3.63) is 23.5 Å². The van der Waals surface area contributed by atoms with Crippen LogP contribution in [0.15, 0.2) is 23.5 Å². The fourth-order valence-corrected chi connectivity index (χ4v) is 2.20. The number of carbonyl (C=O) groups is 1. The number of alkyl halides is 3. The van der Waals surface area contributed by atoms with Gasteiger partial charge in [-0.25, -0.2) is 0 Å². The van der Waals surface area contributed by atoms with Crippen LogP contribution in [0, 0.1) is 0 Å². The summed E-state index contributed by atoms with van der Waals surface area (Å²) in [5.41, 5.74) is -0.0225. The van der Waals surface area contributed by atoms with E-state index in [1.54, 1.807) is 4.90 Å². The topological polar surface area (TPSA) is 32.3 Å². The lowest BCUT2D eigenvalue weighted by Crippen LogP contribution is -2.42. The maximum Gasteiger partial charge on any atom is 0.432 e. The molecule has 3 nitrogen and oxygen atoms in total. The van der Waals surface area contributed by atoms with Crippen molar-refractivity contribution in [2.24, 2.45) is 0 Å². The molecule has 1 atom stereocenters. The molecule has 0 radical (unpaired) electrons. The van der Waals surface area contributed by atoms with Crippen molar-refractivity contribution >= 4 is 5.78 Å². The third-order valence-electron chi connectivity index (χ3n) is 3.13. The van der Waals surface area contributed by atoms with Gasteiger partial charge in [-0.2, -0.15) is 13.2 Å². The molecule has 6 heteroatoms. The van der Waals surface area contributed by atoms with E-state index < -0.39 is 18.0 Å². The molecule has 1 N–H and O–H groups in total. The highest BCUT2D eigenvalue weighted by molar-refractivity contribution is 5.93. The van der Waals surface area contributed by atoms with Crippen molar-refractivity contribution < 1.29 is 18.0 Å². The summed E-state index contributed by atoms with van der Waals surface area (Å²) in [6.45, 7) is 3.64. The van der Waals surface area contributed by atoms with E-state index in [0.717, 1.165) is 11.8 Å². The molecule has 0 aromatic rings. The van der Waals surface area contributed by atoms with Gasteiger partial charge in [-0.3, -0.25) is 4.79 Å². The van der Waals surface area contributed by atoms with Gasteiger partial charge in [0.2, 0.25) is 0 Å². The van der Waals surface area contributed by atoms with Crippen LogP contribution in [0.4, 0.5) is 13.2 Å². The third kappa shape index (κ3) is 2.37. The average molecular weight is 260 g/mol. The van der Waals surface area contributed by atoms with Crippen LogP contribution < -0.4 is 5.32 Å². The Labute approximate surface area is 103 Å². The largest absolute Gasteiger partial charge is 0.432 e. The number of allylic oxidation sites excluding steroid dienone is 2.